The predicted molar refractivity (Wildman–Crippen MR) is 94.5 cm³/mol. The topological polar surface area (TPSA) is 58.6 Å². The van der Waals surface area contributed by atoms with Crippen molar-refractivity contribution in [3.8, 4) is 0 Å². The highest BCUT2D eigenvalue weighted by atomic mass is 32.2. The SMILES string of the molecule is Cc1ccc(S(=O)(=O)Nc2ccccc2CN2CCOCC2)cc1. The van der Waals surface area contributed by atoms with Crippen molar-refractivity contribution < 1.29 is 13.2 Å². The molecule has 0 saturated carbocycles. The molecule has 0 amide bonds. The van der Waals surface area contributed by atoms with Gasteiger partial charge in [0.25, 0.3) is 10.0 Å². The van der Waals surface area contributed by atoms with Gasteiger partial charge in [0.05, 0.1) is 23.8 Å². The molecule has 1 aliphatic heterocycles. The molecule has 6 heteroatoms. The molecule has 0 atom stereocenters. The summed E-state index contributed by atoms with van der Waals surface area (Å²) >= 11 is 0. The Labute approximate surface area is 143 Å². The van der Waals surface area contributed by atoms with E-state index >= 15 is 0 Å². The summed E-state index contributed by atoms with van der Waals surface area (Å²) in [4.78, 5) is 2.54. The van der Waals surface area contributed by atoms with Crippen LogP contribution in [-0.4, -0.2) is 39.6 Å². The molecule has 0 spiro atoms. The van der Waals surface area contributed by atoms with Gasteiger partial charge >= 0.3 is 0 Å². The third-order valence-corrected chi connectivity index (χ3v) is 5.47. The van der Waals surface area contributed by atoms with Crippen LogP contribution in [0, 0.1) is 6.92 Å². The average Bonchev–Trinajstić information content (AvgIpc) is 2.58. The average molecular weight is 346 g/mol. The molecule has 24 heavy (non-hydrogen) atoms. The molecule has 0 aliphatic carbocycles. The van der Waals surface area contributed by atoms with Crippen LogP contribution in [0.2, 0.25) is 0 Å². The third-order valence-electron chi connectivity index (χ3n) is 4.09. The number of nitrogens with zero attached hydrogens (tertiary/aromatic N) is 1. The highest BCUT2D eigenvalue weighted by Gasteiger charge is 2.17. The maximum absolute atomic E-state index is 12.6. The number of para-hydroxylation sites is 1. The van der Waals surface area contributed by atoms with Gasteiger partial charge in [-0.05, 0) is 30.7 Å². The Morgan fingerprint density at radius 3 is 2.42 bits per heavy atom. The molecule has 0 aromatic heterocycles. The Kier molecular flexibility index (Phi) is 5.18. The van der Waals surface area contributed by atoms with Gasteiger partial charge in [0.15, 0.2) is 0 Å². The fraction of sp³-hybridized carbons (Fsp3) is 0.333. The first kappa shape index (κ1) is 17.0. The van der Waals surface area contributed by atoms with Crippen molar-refractivity contribution in [2.24, 2.45) is 0 Å². The van der Waals surface area contributed by atoms with Gasteiger partial charge in [0, 0.05) is 19.6 Å². The number of nitrogens with one attached hydrogen (secondary N) is 1. The van der Waals surface area contributed by atoms with E-state index in [1.807, 2.05) is 31.2 Å². The Bertz CT molecular complexity index is 782. The molecular formula is C18H22N2O3S. The summed E-state index contributed by atoms with van der Waals surface area (Å²) in [5.41, 5.74) is 2.63. The number of aryl methyl sites for hydroxylation is 1. The summed E-state index contributed by atoms with van der Waals surface area (Å²) in [5.74, 6) is 0. The third kappa shape index (κ3) is 4.14. The van der Waals surface area contributed by atoms with Crippen molar-refractivity contribution in [3.63, 3.8) is 0 Å². The van der Waals surface area contributed by atoms with Gasteiger partial charge in [-0.1, -0.05) is 35.9 Å². The van der Waals surface area contributed by atoms with Crippen LogP contribution >= 0.6 is 0 Å². The minimum absolute atomic E-state index is 0.272. The van der Waals surface area contributed by atoms with E-state index in [9.17, 15) is 8.42 Å². The standard InChI is InChI=1S/C18H22N2O3S/c1-15-6-8-17(9-7-15)24(21,22)19-18-5-3-2-4-16(18)14-20-10-12-23-13-11-20/h2-9,19H,10-14H2,1H3. The van der Waals surface area contributed by atoms with Crippen molar-refractivity contribution in [1.82, 2.24) is 4.90 Å². The van der Waals surface area contributed by atoms with Gasteiger partial charge in [0.2, 0.25) is 0 Å². The van der Waals surface area contributed by atoms with Gasteiger partial charge in [-0.15, -0.1) is 0 Å². The summed E-state index contributed by atoms with van der Waals surface area (Å²) in [7, 11) is -3.59. The van der Waals surface area contributed by atoms with E-state index in [0.717, 1.165) is 37.4 Å². The van der Waals surface area contributed by atoms with Crippen LogP contribution in [0.3, 0.4) is 0 Å². The molecule has 2 aromatic rings. The van der Waals surface area contributed by atoms with Gasteiger partial charge in [-0.25, -0.2) is 8.42 Å². The van der Waals surface area contributed by atoms with Crippen molar-refractivity contribution in [1.29, 1.82) is 0 Å². The largest absolute Gasteiger partial charge is 0.379 e. The first-order valence-electron chi connectivity index (χ1n) is 8.02. The molecule has 1 N–H and O–H groups in total. The molecule has 1 fully saturated rings. The number of benzene rings is 2. The normalized spacial score (nSPS) is 16.0. The predicted octanol–water partition coefficient (Wildman–Crippen LogP) is 2.63. The molecule has 0 bridgehead atoms. The lowest BCUT2D eigenvalue weighted by atomic mass is 10.1. The number of sulfonamides is 1. The fourth-order valence-corrected chi connectivity index (χ4v) is 3.78. The first-order valence-corrected chi connectivity index (χ1v) is 9.50. The zero-order valence-electron chi connectivity index (χ0n) is 13.7. The second-order valence-electron chi connectivity index (χ2n) is 5.96. The van der Waals surface area contributed by atoms with Crippen molar-refractivity contribution in [3.05, 3.63) is 59.7 Å². The zero-order chi connectivity index (χ0) is 17.0. The second-order valence-corrected chi connectivity index (χ2v) is 7.65. The monoisotopic (exact) mass is 346 g/mol. The molecule has 128 valence electrons. The maximum Gasteiger partial charge on any atom is 0.261 e. The minimum Gasteiger partial charge on any atom is -0.379 e. The van der Waals surface area contributed by atoms with Crippen LogP contribution in [0.15, 0.2) is 53.4 Å². The summed E-state index contributed by atoms with van der Waals surface area (Å²) in [5, 5.41) is 0. The molecule has 0 unspecified atom stereocenters. The van der Waals surface area contributed by atoms with Crippen LogP contribution in [0.5, 0.6) is 0 Å². The zero-order valence-corrected chi connectivity index (χ0v) is 14.6. The number of anilines is 1. The van der Waals surface area contributed by atoms with Crippen LogP contribution < -0.4 is 4.72 Å². The Hall–Kier alpha value is -1.89. The Morgan fingerprint density at radius 2 is 1.71 bits per heavy atom. The highest BCUT2D eigenvalue weighted by molar-refractivity contribution is 7.92. The van der Waals surface area contributed by atoms with E-state index in [0.29, 0.717) is 12.2 Å². The maximum atomic E-state index is 12.6. The molecule has 5 nitrogen and oxygen atoms in total. The molecule has 1 saturated heterocycles. The molecular weight excluding hydrogens is 324 g/mol. The molecule has 2 aromatic carbocycles. The quantitative estimate of drug-likeness (QED) is 0.904. The summed E-state index contributed by atoms with van der Waals surface area (Å²) in [6.45, 7) is 5.80. The van der Waals surface area contributed by atoms with E-state index < -0.39 is 10.0 Å². The second kappa shape index (κ2) is 7.34. The number of hydrogen-bond donors (Lipinski definition) is 1. The van der Waals surface area contributed by atoms with E-state index in [1.54, 1.807) is 24.3 Å². The van der Waals surface area contributed by atoms with Crippen LogP contribution in [0.4, 0.5) is 5.69 Å². The van der Waals surface area contributed by atoms with Crippen LogP contribution in [0.25, 0.3) is 0 Å². The van der Waals surface area contributed by atoms with E-state index in [4.69, 9.17) is 4.74 Å². The first-order chi connectivity index (χ1) is 11.5. The summed E-state index contributed by atoms with van der Waals surface area (Å²) in [6, 6.07) is 14.4. The van der Waals surface area contributed by atoms with E-state index in [-0.39, 0.29) is 4.90 Å². The van der Waals surface area contributed by atoms with Gasteiger partial charge in [0.1, 0.15) is 0 Å². The molecule has 3 rings (SSSR count). The number of ether oxygens (including phenoxy) is 1. The number of hydrogen-bond acceptors (Lipinski definition) is 4. The van der Waals surface area contributed by atoms with Gasteiger partial charge < -0.3 is 4.74 Å². The highest BCUT2D eigenvalue weighted by Crippen LogP contribution is 2.22. The summed E-state index contributed by atoms with van der Waals surface area (Å²) < 4.78 is 33.3. The Balaban J connectivity index is 1.80. The smallest absolute Gasteiger partial charge is 0.261 e. The molecule has 1 aliphatic rings. The van der Waals surface area contributed by atoms with Crippen molar-refractivity contribution in [2.45, 2.75) is 18.4 Å². The Morgan fingerprint density at radius 1 is 1.04 bits per heavy atom. The lowest BCUT2D eigenvalue weighted by molar-refractivity contribution is 0.0343. The lowest BCUT2D eigenvalue weighted by Gasteiger charge is -2.27. The molecule has 0 radical (unpaired) electrons. The number of rotatable bonds is 5. The number of morpholine rings is 1. The van der Waals surface area contributed by atoms with E-state index in [1.165, 1.54) is 0 Å². The minimum atomic E-state index is -3.59. The summed E-state index contributed by atoms with van der Waals surface area (Å²) in [6.07, 6.45) is 0. The van der Waals surface area contributed by atoms with Gasteiger partial charge in [-0.3, -0.25) is 9.62 Å². The van der Waals surface area contributed by atoms with E-state index in [2.05, 4.69) is 9.62 Å². The van der Waals surface area contributed by atoms with Crippen LogP contribution in [0.1, 0.15) is 11.1 Å². The lowest BCUT2D eigenvalue weighted by Crippen LogP contribution is -2.35. The van der Waals surface area contributed by atoms with Crippen molar-refractivity contribution in [2.75, 3.05) is 31.0 Å². The van der Waals surface area contributed by atoms with Crippen molar-refractivity contribution >= 4 is 15.7 Å². The fourth-order valence-electron chi connectivity index (χ4n) is 2.68. The molecule has 1 heterocycles. The van der Waals surface area contributed by atoms with Crippen LogP contribution in [-0.2, 0) is 21.3 Å². The van der Waals surface area contributed by atoms with Gasteiger partial charge in [-0.2, -0.15) is 0 Å².